The Morgan fingerprint density at radius 2 is 1.74 bits per heavy atom. The van der Waals surface area contributed by atoms with Crippen LogP contribution in [0.3, 0.4) is 0 Å². The third-order valence-electron chi connectivity index (χ3n) is 7.59. The lowest BCUT2D eigenvalue weighted by atomic mass is 10.1. The summed E-state index contributed by atoms with van der Waals surface area (Å²) in [7, 11) is 0. The van der Waals surface area contributed by atoms with E-state index in [0.717, 1.165) is 93.7 Å². The molecule has 39 heavy (non-hydrogen) atoms. The molecule has 3 aliphatic heterocycles. The third-order valence-corrected chi connectivity index (χ3v) is 7.59. The fraction of sp³-hybridized carbons (Fsp3) is 0.419. The van der Waals surface area contributed by atoms with Crippen LogP contribution in [0.5, 0.6) is 5.75 Å². The Labute approximate surface area is 230 Å². The highest BCUT2D eigenvalue weighted by Crippen LogP contribution is 2.29. The lowest BCUT2D eigenvalue weighted by Crippen LogP contribution is -2.56. The number of nitrogens with one attached hydrogen (secondary N) is 1. The summed E-state index contributed by atoms with van der Waals surface area (Å²) < 4.78 is 17.1. The van der Waals surface area contributed by atoms with Gasteiger partial charge in [-0.05, 0) is 55.5 Å². The van der Waals surface area contributed by atoms with E-state index in [1.54, 1.807) is 6.20 Å². The maximum Gasteiger partial charge on any atom is 0.227 e. The summed E-state index contributed by atoms with van der Waals surface area (Å²) in [6.45, 7) is 9.34. The molecule has 202 valence electrons. The minimum Gasteiger partial charge on any atom is -0.489 e. The van der Waals surface area contributed by atoms with Gasteiger partial charge in [0.25, 0.3) is 0 Å². The standard InChI is InChI=1S/C31H35N5O3/c1-2-3-24-20-23(4-9-30(24)39-28-11-18-37-19-12-28)29-10-13-32-31(34-29)33-25-5-7-26(8-6-25)35-14-16-36(17-15-35)27-21-38-22-27/h4-10,13,20,27-28H,11-12,14-19,21-22H2,1H3,(H,32,33,34). The van der Waals surface area contributed by atoms with Gasteiger partial charge in [-0.2, -0.15) is 0 Å². The van der Waals surface area contributed by atoms with E-state index in [-0.39, 0.29) is 6.10 Å². The zero-order chi connectivity index (χ0) is 26.4. The number of hydrogen-bond acceptors (Lipinski definition) is 8. The Kier molecular flexibility index (Phi) is 7.91. The Balaban J connectivity index is 1.11. The molecule has 8 heteroatoms. The highest BCUT2D eigenvalue weighted by molar-refractivity contribution is 5.67. The van der Waals surface area contributed by atoms with Gasteiger partial charge in [0.1, 0.15) is 11.9 Å². The molecule has 4 heterocycles. The highest BCUT2D eigenvalue weighted by atomic mass is 16.5. The zero-order valence-corrected chi connectivity index (χ0v) is 22.4. The Bertz CT molecular complexity index is 1320. The molecule has 0 aliphatic carbocycles. The van der Waals surface area contributed by atoms with Crippen LogP contribution in [0.1, 0.15) is 25.3 Å². The molecular weight excluding hydrogens is 490 g/mol. The maximum absolute atomic E-state index is 6.27. The third kappa shape index (κ3) is 6.17. The van der Waals surface area contributed by atoms with Crippen molar-refractivity contribution in [3.63, 3.8) is 0 Å². The maximum atomic E-state index is 6.27. The fourth-order valence-electron chi connectivity index (χ4n) is 5.24. The molecule has 1 N–H and O–H groups in total. The molecule has 0 atom stereocenters. The van der Waals surface area contributed by atoms with Gasteiger partial charge in [0, 0.05) is 62.2 Å². The van der Waals surface area contributed by atoms with Crippen molar-refractivity contribution in [3.8, 4) is 28.8 Å². The lowest BCUT2D eigenvalue weighted by Gasteiger charge is -2.43. The summed E-state index contributed by atoms with van der Waals surface area (Å²) in [6.07, 6.45) is 3.74. The molecule has 3 saturated heterocycles. The first-order chi connectivity index (χ1) is 19.2. The van der Waals surface area contributed by atoms with Gasteiger partial charge in [-0.3, -0.25) is 4.90 Å². The average Bonchev–Trinajstić information content (AvgIpc) is 2.95. The SMILES string of the molecule is CC#Cc1cc(-c2ccnc(Nc3ccc(N4CCN(C5COC5)CC4)cc3)n2)ccc1OC1CCOCC1. The summed E-state index contributed by atoms with van der Waals surface area (Å²) in [5.74, 6) is 7.58. The van der Waals surface area contributed by atoms with Crippen molar-refractivity contribution < 1.29 is 14.2 Å². The molecule has 6 rings (SSSR count). The van der Waals surface area contributed by atoms with Gasteiger partial charge in [-0.1, -0.05) is 5.92 Å². The predicted octanol–water partition coefficient (Wildman–Crippen LogP) is 4.34. The molecule has 0 bridgehead atoms. The summed E-state index contributed by atoms with van der Waals surface area (Å²) >= 11 is 0. The number of anilines is 3. The summed E-state index contributed by atoms with van der Waals surface area (Å²) in [5.41, 5.74) is 4.87. The molecule has 8 nitrogen and oxygen atoms in total. The van der Waals surface area contributed by atoms with E-state index in [1.807, 2.05) is 31.2 Å². The molecular formula is C31H35N5O3. The highest BCUT2D eigenvalue weighted by Gasteiger charge is 2.28. The van der Waals surface area contributed by atoms with Crippen LogP contribution in [0.15, 0.2) is 54.7 Å². The molecule has 1 aromatic heterocycles. The molecule has 3 fully saturated rings. The van der Waals surface area contributed by atoms with Gasteiger partial charge in [-0.25, -0.2) is 9.97 Å². The van der Waals surface area contributed by atoms with E-state index in [2.05, 4.69) is 56.2 Å². The molecule has 0 amide bonds. The molecule has 2 aromatic carbocycles. The normalized spacial score (nSPS) is 18.6. The van der Waals surface area contributed by atoms with Gasteiger partial charge < -0.3 is 24.4 Å². The summed E-state index contributed by atoms with van der Waals surface area (Å²) in [5, 5.41) is 3.36. The number of piperazine rings is 1. The van der Waals surface area contributed by atoms with Crippen molar-refractivity contribution in [2.45, 2.75) is 31.9 Å². The summed E-state index contributed by atoms with van der Waals surface area (Å²) in [6, 6.07) is 17.1. The topological polar surface area (TPSA) is 72.0 Å². The largest absolute Gasteiger partial charge is 0.489 e. The molecule has 3 aliphatic rings. The Morgan fingerprint density at radius 1 is 0.949 bits per heavy atom. The Hall–Kier alpha value is -3.64. The average molecular weight is 526 g/mol. The van der Waals surface area contributed by atoms with Gasteiger partial charge in [0.2, 0.25) is 5.95 Å². The van der Waals surface area contributed by atoms with Crippen LogP contribution in [0.2, 0.25) is 0 Å². The number of nitrogens with zero attached hydrogens (tertiary/aromatic N) is 4. The van der Waals surface area contributed by atoms with Crippen molar-refractivity contribution >= 4 is 17.3 Å². The molecule has 3 aromatic rings. The van der Waals surface area contributed by atoms with Crippen LogP contribution >= 0.6 is 0 Å². The zero-order valence-electron chi connectivity index (χ0n) is 22.4. The quantitative estimate of drug-likeness (QED) is 0.457. The first kappa shape index (κ1) is 25.6. The minimum absolute atomic E-state index is 0.162. The second-order valence-electron chi connectivity index (χ2n) is 10.2. The number of rotatable bonds is 7. The lowest BCUT2D eigenvalue weighted by molar-refractivity contribution is -0.0660. The molecule has 0 saturated carbocycles. The number of ether oxygens (including phenoxy) is 3. The van der Waals surface area contributed by atoms with E-state index < -0.39 is 0 Å². The monoisotopic (exact) mass is 525 g/mol. The van der Waals surface area contributed by atoms with E-state index >= 15 is 0 Å². The second-order valence-corrected chi connectivity index (χ2v) is 10.2. The van der Waals surface area contributed by atoms with E-state index in [4.69, 9.17) is 19.2 Å². The van der Waals surface area contributed by atoms with E-state index in [9.17, 15) is 0 Å². The predicted molar refractivity (Wildman–Crippen MR) is 153 cm³/mol. The minimum atomic E-state index is 0.162. The van der Waals surface area contributed by atoms with Crippen molar-refractivity contribution in [2.24, 2.45) is 0 Å². The van der Waals surface area contributed by atoms with Crippen molar-refractivity contribution in [1.82, 2.24) is 14.9 Å². The smallest absolute Gasteiger partial charge is 0.227 e. The van der Waals surface area contributed by atoms with Crippen LogP contribution in [0.4, 0.5) is 17.3 Å². The second kappa shape index (κ2) is 12.0. The van der Waals surface area contributed by atoms with E-state index in [0.29, 0.717) is 12.0 Å². The van der Waals surface area contributed by atoms with Crippen LogP contribution in [0.25, 0.3) is 11.3 Å². The van der Waals surface area contributed by atoms with E-state index in [1.165, 1.54) is 5.69 Å². The van der Waals surface area contributed by atoms with Crippen LogP contribution < -0.4 is 15.0 Å². The van der Waals surface area contributed by atoms with Crippen LogP contribution in [-0.2, 0) is 9.47 Å². The van der Waals surface area contributed by atoms with Gasteiger partial charge in [0.05, 0.1) is 43.7 Å². The van der Waals surface area contributed by atoms with Gasteiger partial charge in [0.15, 0.2) is 0 Å². The van der Waals surface area contributed by atoms with Gasteiger partial charge in [-0.15, -0.1) is 5.92 Å². The van der Waals surface area contributed by atoms with Gasteiger partial charge >= 0.3 is 0 Å². The summed E-state index contributed by atoms with van der Waals surface area (Å²) in [4.78, 5) is 14.2. The Morgan fingerprint density at radius 3 is 2.46 bits per heavy atom. The van der Waals surface area contributed by atoms with Crippen molar-refractivity contribution in [2.75, 3.05) is 62.8 Å². The molecule has 0 spiro atoms. The number of hydrogen-bond donors (Lipinski definition) is 1. The number of benzene rings is 2. The fourth-order valence-corrected chi connectivity index (χ4v) is 5.24. The number of aromatic nitrogens is 2. The van der Waals surface area contributed by atoms with Crippen LogP contribution in [0, 0.1) is 11.8 Å². The first-order valence-electron chi connectivity index (χ1n) is 13.8. The molecule has 0 unspecified atom stereocenters. The van der Waals surface area contributed by atoms with Crippen LogP contribution in [-0.4, -0.2) is 79.6 Å². The van der Waals surface area contributed by atoms with Crippen molar-refractivity contribution in [1.29, 1.82) is 0 Å². The molecule has 0 radical (unpaired) electrons. The first-order valence-corrected chi connectivity index (χ1v) is 13.8. The van der Waals surface area contributed by atoms with Crippen molar-refractivity contribution in [3.05, 3.63) is 60.3 Å².